The summed E-state index contributed by atoms with van der Waals surface area (Å²) in [6, 6.07) is 9.17. The van der Waals surface area contributed by atoms with Crippen LogP contribution < -0.4 is 11.1 Å². The maximum absolute atomic E-state index is 11.9. The van der Waals surface area contributed by atoms with E-state index in [1.165, 1.54) is 11.8 Å². The molecule has 0 saturated heterocycles. The number of aromatic nitrogens is 1. The summed E-state index contributed by atoms with van der Waals surface area (Å²) in [7, 11) is 0. The third-order valence-electron chi connectivity index (χ3n) is 2.56. The summed E-state index contributed by atoms with van der Waals surface area (Å²) in [6.07, 6.45) is 1.57. The van der Waals surface area contributed by atoms with E-state index >= 15 is 0 Å². The number of anilines is 2. The van der Waals surface area contributed by atoms with Gasteiger partial charge < -0.3 is 11.1 Å². The number of nitrogens with zero attached hydrogens (tertiary/aromatic N) is 1. The number of aryl methyl sites for hydroxylation is 1. The first-order valence-corrected chi connectivity index (χ1v) is 7.32. The van der Waals surface area contributed by atoms with Crippen molar-refractivity contribution in [1.82, 2.24) is 4.98 Å². The molecule has 6 heteroatoms. The van der Waals surface area contributed by atoms with Crippen molar-refractivity contribution in [3.63, 3.8) is 0 Å². The van der Waals surface area contributed by atoms with Crippen molar-refractivity contribution in [2.75, 3.05) is 16.8 Å². The molecule has 104 valence electrons. The number of nitrogens with one attached hydrogen (secondary N) is 1. The minimum atomic E-state index is -0.147. The molecule has 1 amide bonds. The van der Waals surface area contributed by atoms with Gasteiger partial charge in [0, 0.05) is 16.8 Å². The minimum Gasteiger partial charge on any atom is -0.398 e. The third-order valence-corrected chi connectivity index (χ3v) is 3.93. The van der Waals surface area contributed by atoms with E-state index in [9.17, 15) is 4.79 Å². The Hall–Kier alpha value is -1.72. The molecular weight excluding hydrogens is 294 g/mol. The predicted octanol–water partition coefficient (Wildman–Crippen LogP) is 3.36. The van der Waals surface area contributed by atoms with E-state index in [1.54, 1.807) is 18.3 Å². The molecule has 0 fully saturated rings. The van der Waals surface area contributed by atoms with E-state index in [0.717, 1.165) is 10.5 Å². The number of amides is 1. The van der Waals surface area contributed by atoms with Gasteiger partial charge in [-0.2, -0.15) is 0 Å². The Balaban J connectivity index is 1.96. The van der Waals surface area contributed by atoms with Gasteiger partial charge in [-0.25, -0.2) is 4.98 Å². The van der Waals surface area contributed by atoms with Crippen LogP contribution in [0.1, 0.15) is 5.56 Å². The van der Waals surface area contributed by atoms with Crippen molar-refractivity contribution in [2.24, 2.45) is 0 Å². The first-order chi connectivity index (χ1) is 9.56. The normalized spacial score (nSPS) is 10.3. The van der Waals surface area contributed by atoms with Crippen molar-refractivity contribution in [3.8, 4) is 0 Å². The SMILES string of the molecule is Cc1ccc(N)c(SCC(=O)Nc2cccnc2Cl)c1. The van der Waals surface area contributed by atoms with Crippen molar-refractivity contribution in [1.29, 1.82) is 0 Å². The highest BCUT2D eigenvalue weighted by molar-refractivity contribution is 8.00. The molecule has 0 aliphatic carbocycles. The molecule has 0 radical (unpaired) electrons. The number of hydrogen-bond acceptors (Lipinski definition) is 4. The van der Waals surface area contributed by atoms with E-state index < -0.39 is 0 Å². The van der Waals surface area contributed by atoms with Gasteiger partial charge in [-0.3, -0.25) is 4.79 Å². The average molecular weight is 308 g/mol. The highest BCUT2D eigenvalue weighted by Crippen LogP contribution is 2.26. The molecule has 1 aromatic carbocycles. The van der Waals surface area contributed by atoms with Gasteiger partial charge in [0.25, 0.3) is 0 Å². The lowest BCUT2D eigenvalue weighted by Crippen LogP contribution is -2.14. The lowest BCUT2D eigenvalue weighted by atomic mass is 10.2. The van der Waals surface area contributed by atoms with Crippen LogP contribution in [0, 0.1) is 6.92 Å². The van der Waals surface area contributed by atoms with Gasteiger partial charge in [0.05, 0.1) is 11.4 Å². The maximum Gasteiger partial charge on any atom is 0.234 e. The Morgan fingerprint density at radius 2 is 2.25 bits per heavy atom. The fourth-order valence-corrected chi connectivity index (χ4v) is 2.60. The number of nitrogens with two attached hydrogens (primary N) is 1. The minimum absolute atomic E-state index is 0.147. The van der Waals surface area contributed by atoms with Crippen LogP contribution in [0.5, 0.6) is 0 Å². The second kappa shape index (κ2) is 6.63. The third kappa shape index (κ3) is 3.88. The summed E-state index contributed by atoms with van der Waals surface area (Å²) in [5, 5.41) is 3.00. The van der Waals surface area contributed by atoms with Crippen molar-refractivity contribution in [2.45, 2.75) is 11.8 Å². The first kappa shape index (κ1) is 14.7. The molecule has 0 aliphatic heterocycles. The summed E-state index contributed by atoms with van der Waals surface area (Å²) in [5.74, 6) is 0.115. The second-order valence-corrected chi connectivity index (χ2v) is 5.60. The zero-order valence-corrected chi connectivity index (χ0v) is 12.5. The summed E-state index contributed by atoms with van der Waals surface area (Å²) in [5.41, 5.74) is 8.16. The van der Waals surface area contributed by atoms with Gasteiger partial charge in [-0.05, 0) is 36.8 Å². The lowest BCUT2D eigenvalue weighted by Gasteiger charge is -2.08. The first-order valence-electron chi connectivity index (χ1n) is 5.95. The van der Waals surface area contributed by atoms with Gasteiger partial charge in [0.15, 0.2) is 5.15 Å². The molecular formula is C14H14ClN3OS. The fraction of sp³-hybridized carbons (Fsp3) is 0.143. The molecule has 2 aromatic rings. The zero-order chi connectivity index (χ0) is 14.5. The van der Waals surface area contributed by atoms with Crippen LogP contribution in [-0.4, -0.2) is 16.6 Å². The topological polar surface area (TPSA) is 68.0 Å². The van der Waals surface area contributed by atoms with Crippen molar-refractivity contribution in [3.05, 3.63) is 47.2 Å². The molecule has 0 unspecified atom stereocenters. The Morgan fingerprint density at radius 3 is 3.00 bits per heavy atom. The number of carbonyl (C=O) groups excluding carboxylic acids is 1. The monoisotopic (exact) mass is 307 g/mol. The Labute approximate surface area is 126 Å². The average Bonchev–Trinajstić information content (AvgIpc) is 2.42. The van der Waals surface area contributed by atoms with Gasteiger partial charge in [-0.15, -0.1) is 11.8 Å². The molecule has 0 atom stereocenters. The molecule has 2 rings (SSSR count). The largest absolute Gasteiger partial charge is 0.398 e. The van der Waals surface area contributed by atoms with Crippen LogP contribution in [-0.2, 0) is 4.79 Å². The van der Waals surface area contributed by atoms with Gasteiger partial charge in [-0.1, -0.05) is 17.7 Å². The Bertz CT molecular complexity index is 634. The molecule has 1 aromatic heterocycles. The Kier molecular flexibility index (Phi) is 4.87. The standard InChI is InChI=1S/C14H14ClN3OS/c1-9-4-5-10(16)12(7-9)20-8-13(19)18-11-3-2-6-17-14(11)15/h2-7H,8,16H2,1H3,(H,18,19). The number of carbonyl (C=O) groups is 1. The van der Waals surface area contributed by atoms with E-state index in [2.05, 4.69) is 10.3 Å². The van der Waals surface area contributed by atoms with E-state index in [-0.39, 0.29) is 16.8 Å². The maximum atomic E-state index is 11.9. The van der Waals surface area contributed by atoms with Gasteiger partial charge >= 0.3 is 0 Å². The van der Waals surface area contributed by atoms with Crippen molar-refractivity contribution < 1.29 is 4.79 Å². The van der Waals surface area contributed by atoms with Crippen LogP contribution >= 0.6 is 23.4 Å². The van der Waals surface area contributed by atoms with Crippen LogP contribution in [0.3, 0.4) is 0 Å². The number of halogens is 1. The summed E-state index contributed by atoms with van der Waals surface area (Å²) >= 11 is 7.27. The highest BCUT2D eigenvalue weighted by atomic mass is 35.5. The predicted molar refractivity (Wildman–Crippen MR) is 84.2 cm³/mol. The van der Waals surface area contributed by atoms with Crippen LogP contribution in [0.15, 0.2) is 41.4 Å². The quantitative estimate of drug-likeness (QED) is 0.516. The Morgan fingerprint density at radius 1 is 1.45 bits per heavy atom. The molecule has 3 N–H and O–H groups in total. The van der Waals surface area contributed by atoms with Crippen LogP contribution in [0.2, 0.25) is 5.15 Å². The zero-order valence-electron chi connectivity index (χ0n) is 10.9. The molecule has 0 spiro atoms. The van der Waals surface area contributed by atoms with Gasteiger partial charge in [0.2, 0.25) is 5.91 Å². The highest BCUT2D eigenvalue weighted by Gasteiger charge is 2.08. The number of nitrogen functional groups attached to an aromatic ring is 1. The summed E-state index contributed by atoms with van der Waals surface area (Å²) < 4.78 is 0. The smallest absolute Gasteiger partial charge is 0.234 e. The number of benzene rings is 1. The van der Waals surface area contributed by atoms with Crippen LogP contribution in [0.4, 0.5) is 11.4 Å². The van der Waals surface area contributed by atoms with Gasteiger partial charge in [0.1, 0.15) is 0 Å². The van der Waals surface area contributed by atoms with E-state index in [1.807, 2.05) is 25.1 Å². The molecule has 1 heterocycles. The number of thioether (sulfide) groups is 1. The number of rotatable bonds is 4. The number of hydrogen-bond donors (Lipinski definition) is 2. The summed E-state index contributed by atoms with van der Waals surface area (Å²) in [4.78, 5) is 16.7. The summed E-state index contributed by atoms with van der Waals surface area (Å²) in [6.45, 7) is 1.99. The number of pyridine rings is 1. The molecule has 0 bridgehead atoms. The van der Waals surface area contributed by atoms with E-state index in [4.69, 9.17) is 17.3 Å². The van der Waals surface area contributed by atoms with Crippen molar-refractivity contribution >= 4 is 40.6 Å². The molecule has 0 saturated carbocycles. The molecule has 20 heavy (non-hydrogen) atoms. The molecule has 4 nitrogen and oxygen atoms in total. The van der Waals surface area contributed by atoms with E-state index in [0.29, 0.717) is 11.4 Å². The van der Waals surface area contributed by atoms with Crippen LogP contribution in [0.25, 0.3) is 0 Å². The fourth-order valence-electron chi connectivity index (χ4n) is 1.58. The molecule has 0 aliphatic rings. The lowest BCUT2D eigenvalue weighted by molar-refractivity contribution is -0.113. The second-order valence-electron chi connectivity index (χ2n) is 4.22.